The van der Waals surface area contributed by atoms with Crippen LogP contribution in [0.2, 0.25) is 0 Å². The molecule has 3 heterocycles. The lowest BCUT2D eigenvalue weighted by Crippen LogP contribution is -2.52. The van der Waals surface area contributed by atoms with Crippen LogP contribution in [0, 0.1) is 0 Å². The summed E-state index contributed by atoms with van der Waals surface area (Å²) < 4.78 is 3.56. The number of hydrogen-bond donors (Lipinski definition) is 0. The van der Waals surface area contributed by atoms with Crippen LogP contribution in [0.5, 0.6) is 0 Å². The molecule has 1 fully saturated rings. The minimum absolute atomic E-state index is 0.105. The molecule has 0 aromatic carbocycles. The average molecular weight is 340 g/mol. The monoisotopic (exact) mass is 339 g/mol. The molecule has 2 aliphatic rings. The van der Waals surface area contributed by atoms with Gasteiger partial charge in [0.15, 0.2) is 0 Å². The Balaban J connectivity index is 0.000000396. The zero-order valence-corrected chi connectivity index (χ0v) is 15.6. The van der Waals surface area contributed by atoms with Gasteiger partial charge in [0.2, 0.25) is 0 Å². The number of thiophene rings is 1. The van der Waals surface area contributed by atoms with E-state index in [4.69, 9.17) is 0 Å². The van der Waals surface area contributed by atoms with Crippen molar-refractivity contribution in [2.75, 3.05) is 34.2 Å². The van der Waals surface area contributed by atoms with Gasteiger partial charge in [0.1, 0.15) is 12.3 Å². The Kier molecular flexibility index (Phi) is 6.09. The summed E-state index contributed by atoms with van der Waals surface area (Å²) in [6, 6.07) is 2.53. The second-order valence-corrected chi connectivity index (χ2v) is 8.03. The van der Waals surface area contributed by atoms with Gasteiger partial charge in [-0.2, -0.15) is 0 Å². The quantitative estimate of drug-likeness (QED) is 0.609. The Labute approximate surface area is 141 Å². The maximum absolute atomic E-state index is 11.4. The Hall–Kier alpha value is -0.820. The third-order valence-electron chi connectivity index (χ3n) is 3.66. The van der Waals surface area contributed by atoms with Gasteiger partial charge in [-0.15, -0.1) is 11.3 Å². The Morgan fingerprint density at radius 1 is 1.41 bits per heavy atom. The van der Waals surface area contributed by atoms with Crippen LogP contribution in [0.15, 0.2) is 27.4 Å². The maximum Gasteiger partial charge on any atom is 0.144 e. The van der Waals surface area contributed by atoms with Crippen LogP contribution in [0.4, 0.5) is 0 Å². The van der Waals surface area contributed by atoms with Crippen molar-refractivity contribution < 1.29 is 4.79 Å². The van der Waals surface area contributed by atoms with Gasteiger partial charge in [0.25, 0.3) is 0 Å². The van der Waals surface area contributed by atoms with Crippen molar-refractivity contribution >= 4 is 29.6 Å². The average Bonchev–Trinajstić information content (AvgIpc) is 2.94. The van der Waals surface area contributed by atoms with Gasteiger partial charge in [-0.25, -0.2) is 4.31 Å². The number of aldehydes is 1. The van der Waals surface area contributed by atoms with Crippen molar-refractivity contribution in [3.8, 4) is 0 Å². The molecule has 0 N–H and O–H groups in total. The normalized spacial score (nSPS) is 28.2. The number of hydrogen-bond acceptors (Lipinski definition) is 6. The van der Waals surface area contributed by atoms with E-state index in [1.807, 2.05) is 33.0 Å². The van der Waals surface area contributed by atoms with E-state index >= 15 is 0 Å². The van der Waals surface area contributed by atoms with E-state index in [1.54, 1.807) is 23.3 Å². The van der Waals surface area contributed by atoms with Crippen LogP contribution in [0.3, 0.4) is 0 Å². The fourth-order valence-corrected chi connectivity index (χ4v) is 5.16. The number of rotatable bonds is 2. The first-order chi connectivity index (χ1) is 10.5. The molecule has 6 heteroatoms. The van der Waals surface area contributed by atoms with Gasteiger partial charge < -0.3 is 14.6 Å². The first kappa shape index (κ1) is 17.5. The molecule has 1 saturated heterocycles. The van der Waals surface area contributed by atoms with Crippen molar-refractivity contribution in [1.82, 2.24) is 14.1 Å². The number of piperazine rings is 1. The fraction of sp³-hybridized carbons (Fsp3) is 0.562. The van der Waals surface area contributed by atoms with Crippen molar-refractivity contribution in [2.45, 2.75) is 30.1 Å². The fourth-order valence-electron chi connectivity index (χ4n) is 2.85. The van der Waals surface area contributed by atoms with E-state index in [9.17, 15) is 4.79 Å². The molecule has 0 radical (unpaired) electrons. The van der Waals surface area contributed by atoms with Gasteiger partial charge in [0, 0.05) is 24.4 Å². The molecule has 122 valence electrons. The van der Waals surface area contributed by atoms with Crippen LogP contribution >= 0.6 is 23.3 Å². The Morgan fingerprint density at radius 2 is 2.09 bits per heavy atom. The van der Waals surface area contributed by atoms with Crippen LogP contribution < -0.4 is 0 Å². The topological polar surface area (TPSA) is 26.8 Å². The number of nitrogens with zero attached hydrogens (tertiary/aromatic N) is 3. The number of carbonyl (C=O) groups is 1. The SMILES string of the molecule is C/C=C1\C(C=O)N2CC(c3ccsc3S2)N1CC.CN(C)C. The summed E-state index contributed by atoms with van der Waals surface area (Å²) in [6.07, 6.45) is 3.15. The molecule has 1 aromatic heterocycles. The number of fused-ring (bicyclic) bond motifs is 4. The molecule has 22 heavy (non-hydrogen) atoms. The van der Waals surface area contributed by atoms with E-state index in [0.29, 0.717) is 6.04 Å². The maximum atomic E-state index is 11.4. The van der Waals surface area contributed by atoms with E-state index in [2.05, 4.69) is 33.7 Å². The zero-order chi connectivity index (χ0) is 16.3. The smallest absolute Gasteiger partial charge is 0.144 e. The highest BCUT2D eigenvalue weighted by atomic mass is 32.2. The van der Waals surface area contributed by atoms with Crippen molar-refractivity contribution in [3.05, 3.63) is 28.8 Å². The molecular weight excluding hydrogens is 314 g/mol. The summed E-state index contributed by atoms with van der Waals surface area (Å²) in [6.45, 7) is 6.07. The summed E-state index contributed by atoms with van der Waals surface area (Å²) in [7, 11) is 6.00. The van der Waals surface area contributed by atoms with E-state index in [-0.39, 0.29) is 6.04 Å². The molecule has 3 rings (SSSR count). The van der Waals surface area contributed by atoms with Crippen molar-refractivity contribution in [2.24, 2.45) is 0 Å². The van der Waals surface area contributed by atoms with E-state index in [1.165, 1.54) is 9.77 Å². The Bertz CT molecular complexity index is 538. The summed E-state index contributed by atoms with van der Waals surface area (Å²) in [4.78, 5) is 15.8. The molecule has 1 aromatic rings. The van der Waals surface area contributed by atoms with Crippen LogP contribution in [-0.2, 0) is 4.79 Å². The lowest BCUT2D eigenvalue weighted by Gasteiger charge is -2.49. The molecule has 0 aliphatic carbocycles. The molecule has 2 aliphatic heterocycles. The summed E-state index contributed by atoms with van der Waals surface area (Å²) in [5.41, 5.74) is 2.57. The number of allylic oxidation sites excluding steroid dienone is 1. The third kappa shape index (κ3) is 3.40. The molecule has 0 spiro atoms. The standard InChI is InChI=1S/C13H16N2OS2.C3H9N/c1-3-10-12(8-16)15-7-11(14(10)4-2)9-5-6-17-13(9)18-15;1-4(2)3/h3,5-6,8,11-12H,4,7H2,1-2H3;1-3H3/b10-3+;. The Morgan fingerprint density at radius 3 is 2.64 bits per heavy atom. The zero-order valence-electron chi connectivity index (χ0n) is 13.9. The summed E-state index contributed by atoms with van der Waals surface area (Å²) >= 11 is 3.51. The van der Waals surface area contributed by atoms with Crippen LogP contribution in [0.1, 0.15) is 25.5 Å². The number of carbonyl (C=O) groups excluding carboxylic acids is 1. The van der Waals surface area contributed by atoms with Crippen LogP contribution in [0.25, 0.3) is 0 Å². The van der Waals surface area contributed by atoms with Gasteiger partial charge in [-0.05, 0) is 58.4 Å². The van der Waals surface area contributed by atoms with Crippen molar-refractivity contribution in [3.63, 3.8) is 0 Å². The minimum Gasteiger partial charge on any atom is -0.365 e. The number of likely N-dealkylation sites (N-methyl/N-ethyl adjacent to an activating group) is 1. The van der Waals surface area contributed by atoms with Gasteiger partial charge in [-0.3, -0.25) is 0 Å². The summed E-state index contributed by atoms with van der Waals surface area (Å²) in [5.74, 6) is 0. The highest BCUT2D eigenvalue weighted by molar-refractivity contribution is 7.99. The van der Waals surface area contributed by atoms with Gasteiger partial charge in [0.05, 0.1) is 10.3 Å². The van der Waals surface area contributed by atoms with Crippen LogP contribution in [-0.4, -0.2) is 60.7 Å². The predicted octanol–water partition coefficient (Wildman–Crippen LogP) is 3.10. The molecule has 2 bridgehead atoms. The predicted molar refractivity (Wildman–Crippen MR) is 95.2 cm³/mol. The van der Waals surface area contributed by atoms with E-state index < -0.39 is 0 Å². The third-order valence-corrected chi connectivity index (χ3v) is 5.90. The second kappa shape index (κ2) is 7.64. The molecule has 0 amide bonds. The molecular formula is C16H25N3OS2. The molecule has 3 unspecified atom stereocenters. The van der Waals surface area contributed by atoms with Gasteiger partial charge >= 0.3 is 0 Å². The summed E-state index contributed by atoms with van der Waals surface area (Å²) in [5, 5.41) is 2.15. The first-order valence-corrected chi connectivity index (χ1v) is 9.19. The highest BCUT2D eigenvalue weighted by Crippen LogP contribution is 2.48. The van der Waals surface area contributed by atoms with Gasteiger partial charge in [-0.1, -0.05) is 6.08 Å². The largest absolute Gasteiger partial charge is 0.365 e. The molecule has 0 saturated carbocycles. The second-order valence-electron chi connectivity index (χ2n) is 5.79. The lowest BCUT2D eigenvalue weighted by molar-refractivity contribution is -0.111. The van der Waals surface area contributed by atoms with E-state index in [0.717, 1.165) is 25.1 Å². The minimum atomic E-state index is -0.105. The highest BCUT2D eigenvalue weighted by Gasteiger charge is 2.42. The molecule has 3 atom stereocenters. The molecule has 4 nitrogen and oxygen atoms in total. The lowest BCUT2D eigenvalue weighted by atomic mass is 10.0. The first-order valence-electron chi connectivity index (χ1n) is 7.54. The van der Waals surface area contributed by atoms with Crippen molar-refractivity contribution in [1.29, 1.82) is 0 Å².